The van der Waals surface area contributed by atoms with Crippen molar-refractivity contribution < 1.29 is 9.53 Å². The van der Waals surface area contributed by atoms with Gasteiger partial charge in [-0.05, 0) is 43.5 Å². The van der Waals surface area contributed by atoms with Gasteiger partial charge in [0.15, 0.2) is 0 Å². The minimum atomic E-state index is 0.364. The number of methoxy groups -OCH3 is 1. The maximum atomic E-state index is 11.7. The lowest BCUT2D eigenvalue weighted by Gasteiger charge is -2.04. The highest BCUT2D eigenvalue weighted by Gasteiger charge is 2.03. The lowest BCUT2D eigenvalue weighted by atomic mass is 10.0. The molecule has 0 spiro atoms. The third kappa shape index (κ3) is 6.97. The Kier molecular flexibility index (Phi) is 7.91. The summed E-state index contributed by atoms with van der Waals surface area (Å²) in [6.45, 7) is 0.755. The summed E-state index contributed by atoms with van der Waals surface area (Å²) in [5, 5.41) is 0. The number of carbonyl (C=O) groups is 1. The van der Waals surface area contributed by atoms with Gasteiger partial charge >= 0.3 is 0 Å². The van der Waals surface area contributed by atoms with E-state index in [2.05, 4.69) is 0 Å². The summed E-state index contributed by atoms with van der Waals surface area (Å²) in [6, 6.07) is 7.92. The Labute approximate surface area is 116 Å². The van der Waals surface area contributed by atoms with Crippen molar-refractivity contribution in [2.24, 2.45) is 5.73 Å². The largest absolute Gasteiger partial charge is 0.497 e. The van der Waals surface area contributed by atoms with Crippen molar-refractivity contribution in [2.75, 3.05) is 13.7 Å². The van der Waals surface area contributed by atoms with Gasteiger partial charge in [-0.15, -0.1) is 0 Å². The minimum Gasteiger partial charge on any atom is -0.497 e. The molecular weight excluding hydrogens is 238 g/mol. The first-order valence-corrected chi connectivity index (χ1v) is 7.11. The zero-order valence-electron chi connectivity index (χ0n) is 11.9. The highest BCUT2D eigenvalue weighted by molar-refractivity contribution is 5.78. The normalized spacial score (nSPS) is 10.4. The molecule has 0 aliphatic heterocycles. The number of carbonyl (C=O) groups excluding carboxylic acids is 1. The first kappa shape index (κ1) is 15.7. The molecule has 0 aromatic heterocycles. The van der Waals surface area contributed by atoms with Gasteiger partial charge in [0.25, 0.3) is 0 Å². The van der Waals surface area contributed by atoms with Gasteiger partial charge in [0, 0.05) is 12.8 Å². The number of nitrogens with two attached hydrogens (primary N) is 1. The van der Waals surface area contributed by atoms with Gasteiger partial charge in [0.1, 0.15) is 11.5 Å². The van der Waals surface area contributed by atoms with Crippen molar-refractivity contribution in [3.05, 3.63) is 29.8 Å². The van der Waals surface area contributed by atoms with E-state index in [4.69, 9.17) is 10.5 Å². The summed E-state index contributed by atoms with van der Waals surface area (Å²) < 4.78 is 5.10. The summed E-state index contributed by atoms with van der Waals surface area (Å²) in [5.41, 5.74) is 6.62. The maximum absolute atomic E-state index is 11.7. The number of aryl methyl sites for hydroxylation is 1. The number of unbranched alkanes of at least 4 members (excludes halogenated alkanes) is 3. The van der Waals surface area contributed by atoms with Crippen LogP contribution in [0.4, 0.5) is 0 Å². The average Bonchev–Trinajstić information content (AvgIpc) is 2.45. The molecule has 1 aromatic rings. The number of Topliss-reactive ketones (excluding diaryl/α,β-unsaturated/α-hetero) is 1. The lowest BCUT2D eigenvalue weighted by molar-refractivity contribution is -0.119. The highest BCUT2D eigenvalue weighted by atomic mass is 16.5. The Bertz CT molecular complexity index is 360. The fourth-order valence-electron chi connectivity index (χ4n) is 2.02. The topological polar surface area (TPSA) is 52.3 Å². The van der Waals surface area contributed by atoms with Gasteiger partial charge in [-0.1, -0.05) is 25.0 Å². The SMILES string of the molecule is COc1ccc(CCC(=O)CCCCCCN)cc1. The van der Waals surface area contributed by atoms with Crippen LogP contribution in [0.25, 0.3) is 0 Å². The molecule has 0 unspecified atom stereocenters. The van der Waals surface area contributed by atoms with E-state index in [0.717, 1.165) is 44.4 Å². The summed E-state index contributed by atoms with van der Waals surface area (Å²) in [5.74, 6) is 1.22. The van der Waals surface area contributed by atoms with E-state index in [9.17, 15) is 4.79 Å². The summed E-state index contributed by atoms with van der Waals surface area (Å²) in [6.07, 6.45) is 6.50. The van der Waals surface area contributed by atoms with Crippen LogP contribution in [0.5, 0.6) is 5.75 Å². The van der Waals surface area contributed by atoms with Crippen LogP contribution in [0.1, 0.15) is 44.1 Å². The Morgan fingerprint density at radius 3 is 2.37 bits per heavy atom. The van der Waals surface area contributed by atoms with Gasteiger partial charge in [-0.25, -0.2) is 0 Å². The molecule has 0 amide bonds. The molecule has 0 aliphatic rings. The monoisotopic (exact) mass is 263 g/mol. The van der Waals surface area contributed by atoms with Crippen LogP contribution in [-0.2, 0) is 11.2 Å². The molecule has 3 nitrogen and oxygen atoms in total. The molecule has 1 aromatic carbocycles. The first-order chi connectivity index (χ1) is 9.26. The van der Waals surface area contributed by atoms with E-state index < -0.39 is 0 Å². The predicted molar refractivity (Wildman–Crippen MR) is 78.5 cm³/mol. The van der Waals surface area contributed by atoms with E-state index >= 15 is 0 Å². The van der Waals surface area contributed by atoms with Gasteiger partial charge in [0.2, 0.25) is 0 Å². The van der Waals surface area contributed by atoms with Crippen LogP contribution in [0.3, 0.4) is 0 Å². The van der Waals surface area contributed by atoms with E-state index in [0.29, 0.717) is 18.6 Å². The van der Waals surface area contributed by atoms with Crippen molar-refractivity contribution in [1.82, 2.24) is 0 Å². The van der Waals surface area contributed by atoms with E-state index in [1.165, 1.54) is 5.56 Å². The third-order valence-corrected chi connectivity index (χ3v) is 3.26. The maximum Gasteiger partial charge on any atom is 0.133 e. The molecule has 3 heteroatoms. The van der Waals surface area contributed by atoms with E-state index in [1.54, 1.807) is 7.11 Å². The third-order valence-electron chi connectivity index (χ3n) is 3.26. The van der Waals surface area contributed by atoms with Crippen molar-refractivity contribution in [1.29, 1.82) is 0 Å². The molecule has 0 heterocycles. The van der Waals surface area contributed by atoms with Crippen molar-refractivity contribution in [3.63, 3.8) is 0 Å². The molecule has 0 bridgehead atoms. The van der Waals surface area contributed by atoms with Crippen LogP contribution in [0.2, 0.25) is 0 Å². The molecule has 0 saturated heterocycles. The van der Waals surface area contributed by atoms with Crippen LogP contribution in [-0.4, -0.2) is 19.4 Å². The van der Waals surface area contributed by atoms with E-state index in [-0.39, 0.29) is 0 Å². The quantitative estimate of drug-likeness (QED) is 0.660. The Morgan fingerprint density at radius 1 is 1.05 bits per heavy atom. The average molecular weight is 263 g/mol. The van der Waals surface area contributed by atoms with Gasteiger partial charge in [0.05, 0.1) is 7.11 Å². The molecule has 0 radical (unpaired) electrons. The second-order valence-corrected chi connectivity index (χ2v) is 4.84. The van der Waals surface area contributed by atoms with Crippen molar-refractivity contribution in [2.45, 2.75) is 44.9 Å². The Morgan fingerprint density at radius 2 is 1.74 bits per heavy atom. The molecule has 0 fully saturated rings. The van der Waals surface area contributed by atoms with Gasteiger partial charge in [-0.3, -0.25) is 4.79 Å². The molecule has 106 valence electrons. The fraction of sp³-hybridized carbons (Fsp3) is 0.562. The second kappa shape index (κ2) is 9.56. The number of benzene rings is 1. The van der Waals surface area contributed by atoms with Crippen molar-refractivity contribution in [3.8, 4) is 5.75 Å². The van der Waals surface area contributed by atoms with Crippen molar-refractivity contribution >= 4 is 5.78 Å². The zero-order valence-corrected chi connectivity index (χ0v) is 11.9. The molecule has 2 N–H and O–H groups in total. The second-order valence-electron chi connectivity index (χ2n) is 4.84. The number of hydrogen-bond acceptors (Lipinski definition) is 3. The van der Waals surface area contributed by atoms with Crippen LogP contribution in [0.15, 0.2) is 24.3 Å². The highest BCUT2D eigenvalue weighted by Crippen LogP contribution is 2.13. The van der Waals surface area contributed by atoms with Crippen LogP contribution in [0, 0.1) is 0 Å². The molecular formula is C16H25NO2. The molecule has 0 saturated carbocycles. The molecule has 0 aliphatic carbocycles. The Balaban J connectivity index is 2.15. The Hall–Kier alpha value is -1.35. The number of rotatable bonds is 10. The predicted octanol–water partition coefficient (Wildman–Crippen LogP) is 3.11. The summed E-state index contributed by atoms with van der Waals surface area (Å²) >= 11 is 0. The molecule has 0 atom stereocenters. The molecule has 1 rings (SSSR count). The van der Waals surface area contributed by atoms with Gasteiger partial charge < -0.3 is 10.5 Å². The number of hydrogen-bond donors (Lipinski definition) is 1. The molecule has 19 heavy (non-hydrogen) atoms. The fourth-order valence-corrected chi connectivity index (χ4v) is 2.02. The standard InChI is InChI=1S/C16H25NO2/c1-19-16-11-8-14(9-12-16)7-10-15(18)6-4-2-3-5-13-17/h8-9,11-12H,2-7,10,13,17H2,1H3. The number of ketones is 1. The lowest BCUT2D eigenvalue weighted by Crippen LogP contribution is -2.01. The smallest absolute Gasteiger partial charge is 0.133 e. The van der Waals surface area contributed by atoms with Crippen LogP contribution >= 0.6 is 0 Å². The summed E-state index contributed by atoms with van der Waals surface area (Å²) in [7, 11) is 1.66. The summed E-state index contributed by atoms with van der Waals surface area (Å²) in [4.78, 5) is 11.7. The first-order valence-electron chi connectivity index (χ1n) is 7.11. The van der Waals surface area contributed by atoms with E-state index in [1.807, 2.05) is 24.3 Å². The minimum absolute atomic E-state index is 0.364. The number of ether oxygens (including phenoxy) is 1. The van der Waals surface area contributed by atoms with Gasteiger partial charge in [-0.2, -0.15) is 0 Å². The zero-order chi connectivity index (χ0) is 13.9. The van der Waals surface area contributed by atoms with Crippen LogP contribution < -0.4 is 10.5 Å².